The van der Waals surface area contributed by atoms with Gasteiger partial charge < -0.3 is 5.73 Å². The Balaban J connectivity index is 2.47. The van der Waals surface area contributed by atoms with Gasteiger partial charge in [0.05, 0.1) is 10.6 Å². The Morgan fingerprint density at radius 1 is 1.29 bits per heavy atom. The average Bonchev–Trinajstić information content (AvgIpc) is 2.40. The van der Waals surface area contributed by atoms with Crippen LogP contribution in [-0.4, -0.2) is 13.4 Å². The number of sulfonamides is 1. The molecule has 0 fully saturated rings. The molecule has 0 aliphatic heterocycles. The molecule has 0 spiro atoms. The van der Waals surface area contributed by atoms with Crippen molar-refractivity contribution in [2.75, 3.05) is 4.72 Å². The van der Waals surface area contributed by atoms with E-state index < -0.39 is 10.0 Å². The SMILES string of the molecule is Cc1cc(NS(=O)(=O)c2cc(Cl)cc(CN)c2C)ccn1. The zero-order valence-electron chi connectivity index (χ0n) is 11.7. The number of aryl methyl sites for hydroxylation is 1. The Kier molecular flexibility index (Phi) is 4.51. The number of nitrogens with one attached hydrogen (secondary N) is 1. The highest BCUT2D eigenvalue weighted by atomic mass is 35.5. The summed E-state index contributed by atoms with van der Waals surface area (Å²) in [6, 6.07) is 6.34. The molecule has 1 aromatic carbocycles. The number of nitrogens with two attached hydrogens (primary N) is 1. The number of aromatic nitrogens is 1. The molecule has 0 aliphatic rings. The number of hydrogen-bond acceptors (Lipinski definition) is 4. The van der Waals surface area contributed by atoms with Crippen LogP contribution in [0.2, 0.25) is 5.02 Å². The van der Waals surface area contributed by atoms with E-state index in [1.165, 1.54) is 6.07 Å². The van der Waals surface area contributed by atoms with Crippen LogP contribution >= 0.6 is 11.6 Å². The largest absolute Gasteiger partial charge is 0.326 e. The average molecular weight is 326 g/mol. The first kappa shape index (κ1) is 15.8. The normalized spacial score (nSPS) is 11.4. The fraction of sp³-hybridized carbons (Fsp3) is 0.214. The zero-order valence-corrected chi connectivity index (χ0v) is 13.3. The van der Waals surface area contributed by atoms with Gasteiger partial charge in [-0.15, -0.1) is 0 Å². The molecule has 0 bridgehead atoms. The van der Waals surface area contributed by atoms with Gasteiger partial charge in [-0.2, -0.15) is 0 Å². The molecule has 0 aliphatic carbocycles. The Morgan fingerprint density at radius 3 is 2.62 bits per heavy atom. The highest BCUT2D eigenvalue weighted by molar-refractivity contribution is 7.92. The van der Waals surface area contributed by atoms with Crippen molar-refractivity contribution >= 4 is 27.3 Å². The lowest BCUT2D eigenvalue weighted by atomic mass is 10.1. The van der Waals surface area contributed by atoms with Crippen LogP contribution in [0, 0.1) is 13.8 Å². The molecule has 112 valence electrons. The molecule has 0 radical (unpaired) electrons. The summed E-state index contributed by atoms with van der Waals surface area (Å²) in [5, 5.41) is 0.340. The Hall–Kier alpha value is -1.63. The third-order valence-corrected chi connectivity index (χ3v) is 4.82. The number of anilines is 1. The molecule has 7 heteroatoms. The van der Waals surface area contributed by atoms with Crippen LogP contribution in [0.15, 0.2) is 35.4 Å². The molecule has 0 saturated carbocycles. The molecule has 5 nitrogen and oxygen atoms in total. The number of nitrogens with zero attached hydrogens (tertiary/aromatic N) is 1. The highest BCUT2D eigenvalue weighted by Crippen LogP contribution is 2.26. The summed E-state index contributed by atoms with van der Waals surface area (Å²) in [7, 11) is -3.73. The minimum absolute atomic E-state index is 0.130. The molecule has 0 unspecified atom stereocenters. The maximum atomic E-state index is 12.5. The number of pyridine rings is 1. The minimum Gasteiger partial charge on any atom is -0.326 e. The van der Waals surface area contributed by atoms with Crippen molar-refractivity contribution in [3.05, 3.63) is 52.3 Å². The number of hydrogen-bond donors (Lipinski definition) is 2. The Morgan fingerprint density at radius 2 is 2.00 bits per heavy atom. The lowest BCUT2D eigenvalue weighted by Crippen LogP contribution is -2.16. The Bertz CT molecular complexity index is 776. The van der Waals surface area contributed by atoms with Gasteiger partial charge >= 0.3 is 0 Å². The van der Waals surface area contributed by atoms with Crippen LogP contribution in [-0.2, 0) is 16.6 Å². The highest BCUT2D eigenvalue weighted by Gasteiger charge is 2.19. The zero-order chi connectivity index (χ0) is 15.6. The third kappa shape index (κ3) is 3.53. The molecular weight excluding hydrogens is 310 g/mol. The van der Waals surface area contributed by atoms with E-state index >= 15 is 0 Å². The topological polar surface area (TPSA) is 85.1 Å². The van der Waals surface area contributed by atoms with Gasteiger partial charge in [0.15, 0.2) is 0 Å². The number of benzene rings is 1. The minimum atomic E-state index is -3.73. The fourth-order valence-electron chi connectivity index (χ4n) is 2.02. The number of halogens is 1. The first-order valence-electron chi connectivity index (χ1n) is 6.28. The summed E-state index contributed by atoms with van der Waals surface area (Å²) in [6.07, 6.45) is 1.54. The van der Waals surface area contributed by atoms with Crippen molar-refractivity contribution in [3.8, 4) is 0 Å². The summed E-state index contributed by atoms with van der Waals surface area (Å²) in [5.74, 6) is 0. The predicted octanol–water partition coefficient (Wildman–Crippen LogP) is 2.61. The lowest BCUT2D eigenvalue weighted by molar-refractivity contribution is 0.600. The molecule has 2 rings (SSSR count). The third-order valence-electron chi connectivity index (χ3n) is 3.09. The van der Waals surface area contributed by atoms with Crippen molar-refractivity contribution in [1.29, 1.82) is 0 Å². The van der Waals surface area contributed by atoms with Gasteiger partial charge in [-0.05, 0) is 49.2 Å². The van der Waals surface area contributed by atoms with Crippen molar-refractivity contribution in [1.82, 2.24) is 4.98 Å². The van der Waals surface area contributed by atoms with Gasteiger partial charge in [0.1, 0.15) is 0 Å². The van der Waals surface area contributed by atoms with E-state index in [1.807, 2.05) is 0 Å². The van der Waals surface area contributed by atoms with Crippen molar-refractivity contribution in [3.63, 3.8) is 0 Å². The van der Waals surface area contributed by atoms with E-state index in [0.717, 1.165) is 5.69 Å². The van der Waals surface area contributed by atoms with Crippen molar-refractivity contribution in [2.24, 2.45) is 5.73 Å². The molecule has 3 N–H and O–H groups in total. The smallest absolute Gasteiger partial charge is 0.262 e. The maximum absolute atomic E-state index is 12.5. The first-order valence-corrected chi connectivity index (χ1v) is 8.14. The molecule has 2 aromatic rings. The van der Waals surface area contributed by atoms with E-state index in [2.05, 4.69) is 9.71 Å². The summed E-state index contributed by atoms with van der Waals surface area (Å²) in [5.41, 5.74) is 8.10. The summed E-state index contributed by atoms with van der Waals surface area (Å²) >= 11 is 5.98. The first-order chi connectivity index (χ1) is 9.83. The lowest BCUT2D eigenvalue weighted by Gasteiger charge is -2.13. The van der Waals surface area contributed by atoms with Crippen molar-refractivity contribution < 1.29 is 8.42 Å². The quantitative estimate of drug-likeness (QED) is 0.904. The number of rotatable bonds is 4. The van der Waals surface area contributed by atoms with E-state index in [1.54, 1.807) is 38.2 Å². The molecule has 1 heterocycles. The summed E-state index contributed by atoms with van der Waals surface area (Å²) in [6.45, 7) is 3.73. The van der Waals surface area contributed by atoms with E-state index in [9.17, 15) is 8.42 Å². The second-order valence-electron chi connectivity index (χ2n) is 4.68. The van der Waals surface area contributed by atoms with Crippen LogP contribution in [0.3, 0.4) is 0 Å². The van der Waals surface area contributed by atoms with Crippen LogP contribution in [0.4, 0.5) is 5.69 Å². The van der Waals surface area contributed by atoms with Crippen LogP contribution in [0.1, 0.15) is 16.8 Å². The second-order valence-corrected chi connectivity index (χ2v) is 6.77. The van der Waals surface area contributed by atoms with Crippen LogP contribution in [0.25, 0.3) is 0 Å². The van der Waals surface area contributed by atoms with Crippen LogP contribution in [0.5, 0.6) is 0 Å². The van der Waals surface area contributed by atoms with Gasteiger partial charge in [-0.1, -0.05) is 11.6 Å². The Labute approximate surface area is 129 Å². The van der Waals surface area contributed by atoms with Gasteiger partial charge in [0.25, 0.3) is 10.0 Å². The van der Waals surface area contributed by atoms with Crippen LogP contribution < -0.4 is 10.5 Å². The van der Waals surface area contributed by atoms with Gasteiger partial charge in [-0.25, -0.2) is 8.42 Å². The van der Waals surface area contributed by atoms with E-state index in [4.69, 9.17) is 17.3 Å². The molecule has 0 amide bonds. The van der Waals surface area contributed by atoms with Gasteiger partial charge in [-0.3, -0.25) is 9.71 Å². The molecule has 0 atom stereocenters. The second kappa shape index (κ2) is 6.01. The monoisotopic (exact) mass is 325 g/mol. The van der Waals surface area contributed by atoms with Crippen molar-refractivity contribution in [2.45, 2.75) is 25.3 Å². The van der Waals surface area contributed by atoms with Gasteiger partial charge in [0, 0.05) is 23.5 Å². The summed E-state index contributed by atoms with van der Waals surface area (Å²) < 4.78 is 27.6. The fourth-order valence-corrected chi connectivity index (χ4v) is 3.69. The molecular formula is C14H16ClN3O2S. The molecule has 21 heavy (non-hydrogen) atoms. The molecule has 1 aromatic heterocycles. The maximum Gasteiger partial charge on any atom is 0.262 e. The molecule has 0 saturated heterocycles. The standard InChI is InChI=1S/C14H16ClN3O2S/c1-9-5-13(3-4-17-9)18-21(19,20)14-7-12(15)6-11(8-16)10(14)2/h3-7H,8,16H2,1-2H3,(H,17,18). The summed E-state index contributed by atoms with van der Waals surface area (Å²) in [4.78, 5) is 4.16. The van der Waals surface area contributed by atoms with Gasteiger partial charge in [0.2, 0.25) is 0 Å². The van der Waals surface area contributed by atoms with E-state index in [0.29, 0.717) is 21.8 Å². The van der Waals surface area contributed by atoms with E-state index in [-0.39, 0.29) is 11.4 Å². The predicted molar refractivity (Wildman–Crippen MR) is 83.9 cm³/mol.